The van der Waals surface area contributed by atoms with Crippen molar-refractivity contribution in [3.8, 4) is 0 Å². The first kappa shape index (κ1) is 10.7. The Morgan fingerprint density at radius 2 is 1.80 bits per heavy atom. The molecule has 0 radical (unpaired) electrons. The Morgan fingerprint density at radius 1 is 1.07 bits per heavy atom. The molecule has 0 fully saturated rings. The second kappa shape index (κ2) is 4.77. The Morgan fingerprint density at radius 3 is 2.40 bits per heavy atom. The van der Waals surface area contributed by atoms with E-state index in [2.05, 4.69) is 20.9 Å². The summed E-state index contributed by atoms with van der Waals surface area (Å²) in [6.07, 6.45) is 3.62. The first-order chi connectivity index (χ1) is 7.27. The molecule has 15 heavy (non-hydrogen) atoms. The van der Waals surface area contributed by atoms with Crippen LogP contribution in [0.4, 0.5) is 0 Å². The number of hydrogen-bond acceptors (Lipinski definition) is 1. The second-order valence-electron chi connectivity index (χ2n) is 3.20. The van der Waals surface area contributed by atoms with Crippen LogP contribution in [0.1, 0.15) is 16.0 Å². The third-order valence-electron chi connectivity index (χ3n) is 2.14. The van der Waals surface area contributed by atoms with Crippen LogP contribution in [0.15, 0.2) is 48.8 Å². The molecule has 0 N–H and O–H groups in total. The lowest BCUT2D eigenvalue weighted by Crippen LogP contribution is -1.92. The first-order valence-electron chi connectivity index (χ1n) is 4.57. The van der Waals surface area contributed by atoms with Crippen LogP contribution in [-0.2, 0) is 0 Å². The third-order valence-corrected chi connectivity index (χ3v) is 3.45. The number of rotatable bonds is 2. The Labute approximate surface area is 102 Å². The molecule has 1 aromatic carbocycles. The van der Waals surface area contributed by atoms with Gasteiger partial charge in [-0.1, -0.05) is 45.7 Å². The topological polar surface area (TPSA) is 12.9 Å². The van der Waals surface area contributed by atoms with Gasteiger partial charge >= 0.3 is 0 Å². The molecule has 1 unspecified atom stereocenters. The van der Waals surface area contributed by atoms with Crippen LogP contribution in [-0.4, -0.2) is 4.98 Å². The van der Waals surface area contributed by atoms with E-state index >= 15 is 0 Å². The van der Waals surface area contributed by atoms with Crippen molar-refractivity contribution in [1.82, 2.24) is 4.98 Å². The van der Waals surface area contributed by atoms with Crippen molar-refractivity contribution in [1.29, 1.82) is 0 Å². The quantitative estimate of drug-likeness (QED) is 0.752. The highest BCUT2D eigenvalue weighted by Gasteiger charge is 2.09. The molecule has 1 nitrogen and oxygen atoms in total. The van der Waals surface area contributed by atoms with E-state index in [0.29, 0.717) is 0 Å². The number of nitrogens with zero attached hydrogens (tertiary/aromatic N) is 1. The van der Waals surface area contributed by atoms with Gasteiger partial charge in [0, 0.05) is 17.4 Å². The molecule has 0 aliphatic heterocycles. The zero-order valence-corrected chi connectivity index (χ0v) is 10.2. The van der Waals surface area contributed by atoms with Gasteiger partial charge in [0.2, 0.25) is 0 Å². The molecule has 76 valence electrons. The van der Waals surface area contributed by atoms with Gasteiger partial charge < -0.3 is 0 Å². The van der Waals surface area contributed by atoms with Crippen LogP contribution in [0.2, 0.25) is 5.02 Å². The lowest BCUT2D eigenvalue weighted by Gasteiger charge is -2.09. The van der Waals surface area contributed by atoms with Gasteiger partial charge in [-0.25, -0.2) is 0 Å². The molecule has 0 spiro atoms. The highest BCUT2D eigenvalue weighted by atomic mass is 79.9. The lowest BCUT2D eigenvalue weighted by molar-refractivity contribution is 1.13. The monoisotopic (exact) mass is 281 g/mol. The summed E-state index contributed by atoms with van der Waals surface area (Å²) < 4.78 is 0. The zero-order valence-electron chi connectivity index (χ0n) is 7.90. The van der Waals surface area contributed by atoms with E-state index in [1.54, 1.807) is 6.20 Å². The highest BCUT2D eigenvalue weighted by Crippen LogP contribution is 2.30. The maximum atomic E-state index is 5.83. The molecular weight excluding hydrogens is 273 g/mol. The normalized spacial score (nSPS) is 12.4. The molecule has 2 aromatic rings. The van der Waals surface area contributed by atoms with Gasteiger partial charge in [-0.3, -0.25) is 4.98 Å². The van der Waals surface area contributed by atoms with Gasteiger partial charge in [0.1, 0.15) is 0 Å². The lowest BCUT2D eigenvalue weighted by atomic mass is 10.1. The van der Waals surface area contributed by atoms with Gasteiger partial charge in [-0.15, -0.1) is 0 Å². The summed E-state index contributed by atoms with van der Waals surface area (Å²) in [4.78, 5) is 4.26. The van der Waals surface area contributed by atoms with Gasteiger partial charge in [0.25, 0.3) is 0 Å². The molecule has 2 rings (SSSR count). The van der Waals surface area contributed by atoms with Crippen LogP contribution < -0.4 is 0 Å². The zero-order chi connectivity index (χ0) is 10.7. The van der Waals surface area contributed by atoms with Gasteiger partial charge in [0.15, 0.2) is 0 Å². The van der Waals surface area contributed by atoms with Crippen molar-refractivity contribution in [2.75, 3.05) is 0 Å². The summed E-state index contributed by atoms with van der Waals surface area (Å²) in [5.74, 6) is 0. The van der Waals surface area contributed by atoms with Crippen LogP contribution in [0.25, 0.3) is 0 Å². The molecule has 0 aliphatic carbocycles. The van der Waals surface area contributed by atoms with E-state index in [0.717, 1.165) is 10.6 Å². The van der Waals surface area contributed by atoms with Gasteiger partial charge in [-0.05, 0) is 29.3 Å². The van der Waals surface area contributed by atoms with E-state index in [-0.39, 0.29) is 4.83 Å². The maximum Gasteiger partial charge on any atom is 0.0659 e. The fraction of sp³-hybridized carbons (Fsp3) is 0.0833. The number of benzene rings is 1. The highest BCUT2D eigenvalue weighted by molar-refractivity contribution is 9.09. The largest absolute Gasteiger partial charge is 0.264 e. The molecule has 0 saturated heterocycles. The van der Waals surface area contributed by atoms with Crippen molar-refractivity contribution < 1.29 is 0 Å². The first-order valence-corrected chi connectivity index (χ1v) is 5.86. The fourth-order valence-electron chi connectivity index (χ4n) is 1.35. The van der Waals surface area contributed by atoms with Crippen LogP contribution in [0.5, 0.6) is 0 Å². The summed E-state index contributed by atoms with van der Waals surface area (Å²) in [7, 11) is 0. The second-order valence-corrected chi connectivity index (χ2v) is 4.55. The molecule has 0 saturated carbocycles. The summed E-state index contributed by atoms with van der Waals surface area (Å²) in [6, 6.07) is 11.8. The number of aromatic nitrogens is 1. The van der Waals surface area contributed by atoms with E-state index in [1.165, 1.54) is 5.56 Å². The van der Waals surface area contributed by atoms with Crippen molar-refractivity contribution in [2.24, 2.45) is 0 Å². The maximum absolute atomic E-state index is 5.83. The SMILES string of the molecule is Clc1ccc(C(Br)c2cccnc2)cc1. The Hall–Kier alpha value is -0.860. The summed E-state index contributed by atoms with van der Waals surface area (Å²) in [5, 5.41) is 0.754. The van der Waals surface area contributed by atoms with E-state index in [4.69, 9.17) is 11.6 Å². The summed E-state index contributed by atoms with van der Waals surface area (Å²) in [6.45, 7) is 0. The van der Waals surface area contributed by atoms with E-state index < -0.39 is 0 Å². The van der Waals surface area contributed by atoms with Crippen molar-refractivity contribution in [3.05, 3.63) is 64.9 Å². The minimum atomic E-state index is 0.170. The molecule has 0 aliphatic rings. The summed E-state index contributed by atoms with van der Waals surface area (Å²) in [5.41, 5.74) is 2.31. The Balaban J connectivity index is 2.29. The number of halogens is 2. The third kappa shape index (κ3) is 2.58. The fourth-order valence-corrected chi connectivity index (χ4v) is 2.05. The predicted octanol–water partition coefficient (Wildman–Crippen LogP) is 4.22. The average Bonchev–Trinajstić information content (AvgIpc) is 2.30. The van der Waals surface area contributed by atoms with Gasteiger partial charge in [-0.2, -0.15) is 0 Å². The van der Waals surface area contributed by atoms with Crippen LogP contribution in [0, 0.1) is 0 Å². The van der Waals surface area contributed by atoms with Crippen LogP contribution in [0.3, 0.4) is 0 Å². The van der Waals surface area contributed by atoms with Gasteiger partial charge in [0.05, 0.1) is 4.83 Å². The number of alkyl halides is 1. The molecular formula is C12H9BrClN. The number of hydrogen-bond donors (Lipinski definition) is 0. The Bertz CT molecular complexity index is 427. The smallest absolute Gasteiger partial charge is 0.0659 e. The minimum absolute atomic E-state index is 0.170. The van der Waals surface area contributed by atoms with E-state index in [1.807, 2.05) is 42.6 Å². The molecule has 0 bridgehead atoms. The molecule has 1 aromatic heterocycles. The predicted molar refractivity (Wildman–Crippen MR) is 66.5 cm³/mol. The molecule has 0 amide bonds. The minimum Gasteiger partial charge on any atom is -0.264 e. The average molecular weight is 283 g/mol. The summed E-state index contributed by atoms with van der Waals surface area (Å²) >= 11 is 9.47. The van der Waals surface area contributed by atoms with Crippen LogP contribution >= 0.6 is 27.5 Å². The Kier molecular flexibility index (Phi) is 3.39. The molecule has 1 atom stereocenters. The molecule has 1 heterocycles. The van der Waals surface area contributed by atoms with E-state index in [9.17, 15) is 0 Å². The van der Waals surface area contributed by atoms with Crippen molar-refractivity contribution in [3.63, 3.8) is 0 Å². The number of pyridine rings is 1. The standard InChI is InChI=1S/C12H9BrClN/c13-12(10-2-1-7-15-8-10)9-3-5-11(14)6-4-9/h1-8,12H. The van der Waals surface area contributed by atoms with Crippen molar-refractivity contribution >= 4 is 27.5 Å². The molecule has 3 heteroatoms. The van der Waals surface area contributed by atoms with Crippen molar-refractivity contribution in [2.45, 2.75) is 4.83 Å².